The lowest BCUT2D eigenvalue weighted by Crippen LogP contribution is -1.99. The van der Waals surface area contributed by atoms with Crippen LogP contribution in [0.3, 0.4) is 0 Å². The summed E-state index contributed by atoms with van der Waals surface area (Å²) in [5.74, 6) is -0.634. The number of hydrogen-bond donors (Lipinski definition) is 1. The monoisotopic (exact) mass is 254 g/mol. The minimum atomic E-state index is -1.08. The summed E-state index contributed by atoms with van der Waals surface area (Å²) in [6.07, 6.45) is 0. The van der Waals surface area contributed by atoms with Crippen molar-refractivity contribution in [2.45, 2.75) is 6.92 Å². The highest BCUT2D eigenvalue weighted by atomic mass is 16.4. The molecular weight excluding hydrogens is 244 g/mol. The predicted molar refractivity (Wildman–Crippen MR) is 68.9 cm³/mol. The van der Waals surface area contributed by atoms with Gasteiger partial charge in [0.25, 0.3) is 0 Å². The number of nitrogens with zero attached hydrogens (tertiary/aromatic N) is 2. The van der Waals surface area contributed by atoms with Crippen molar-refractivity contribution in [1.82, 2.24) is 9.97 Å². The number of pyridine rings is 1. The van der Waals surface area contributed by atoms with Gasteiger partial charge in [-0.25, -0.2) is 9.78 Å². The Bertz CT molecular complexity index is 777. The molecule has 0 spiro atoms. The van der Waals surface area contributed by atoms with Crippen LogP contribution < -0.4 is 0 Å². The summed E-state index contributed by atoms with van der Waals surface area (Å²) in [7, 11) is 0. The Balaban J connectivity index is 2.17. The minimum absolute atomic E-state index is 0.0443. The largest absolute Gasteiger partial charge is 0.477 e. The van der Waals surface area contributed by atoms with Crippen LogP contribution in [-0.4, -0.2) is 21.0 Å². The lowest BCUT2D eigenvalue weighted by Gasteiger charge is -1.98. The quantitative estimate of drug-likeness (QED) is 0.760. The molecule has 0 saturated heterocycles. The van der Waals surface area contributed by atoms with E-state index in [9.17, 15) is 4.79 Å². The molecule has 0 fully saturated rings. The molecule has 5 heteroatoms. The molecule has 3 aromatic rings. The van der Waals surface area contributed by atoms with Crippen molar-refractivity contribution < 1.29 is 14.3 Å². The van der Waals surface area contributed by atoms with E-state index in [1.165, 1.54) is 6.07 Å². The summed E-state index contributed by atoms with van der Waals surface area (Å²) < 4.78 is 5.60. The third-order valence-electron chi connectivity index (χ3n) is 2.85. The SMILES string of the molecule is Cc1ccccc1-c1nc2nc(C(=O)O)ccc2o1. The van der Waals surface area contributed by atoms with E-state index in [-0.39, 0.29) is 5.69 Å². The molecule has 0 unspecified atom stereocenters. The molecule has 2 heterocycles. The van der Waals surface area contributed by atoms with Gasteiger partial charge in [-0.15, -0.1) is 0 Å². The average Bonchev–Trinajstić information content (AvgIpc) is 2.81. The first-order chi connectivity index (χ1) is 9.15. The van der Waals surface area contributed by atoms with E-state index < -0.39 is 5.97 Å². The van der Waals surface area contributed by atoms with Gasteiger partial charge in [0.2, 0.25) is 5.89 Å². The highest BCUT2D eigenvalue weighted by Crippen LogP contribution is 2.25. The average molecular weight is 254 g/mol. The van der Waals surface area contributed by atoms with Gasteiger partial charge >= 0.3 is 5.97 Å². The molecule has 19 heavy (non-hydrogen) atoms. The van der Waals surface area contributed by atoms with Crippen molar-refractivity contribution in [3.05, 3.63) is 47.7 Å². The van der Waals surface area contributed by atoms with Gasteiger partial charge in [0.1, 0.15) is 0 Å². The number of oxazole rings is 1. The molecule has 0 radical (unpaired) electrons. The maximum atomic E-state index is 10.9. The molecule has 94 valence electrons. The van der Waals surface area contributed by atoms with E-state index in [1.54, 1.807) is 6.07 Å². The van der Waals surface area contributed by atoms with Crippen molar-refractivity contribution in [3.8, 4) is 11.5 Å². The number of carboxylic acids is 1. The summed E-state index contributed by atoms with van der Waals surface area (Å²) in [5.41, 5.74) is 2.64. The number of aryl methyl sites for hydroxylation is 1. The second-order valence-corrected chi connectivity index (χ2v) is 4.16. The van der Waals surface area contributed by atoms with E-state index >= 15 is 0 Å². The van der Waals surface area contributed by atoms with Gasteiger partial charge < -0.3 is 9.52 Å². The van der Waals surface area contributed by atoms with E-state index in [2.05, 4.69) is 9.97 Å². The van der Waals surface area contributed by atoms with Crippen LogP contribution in [-0.2, 0) is 0 Å². The van der Waals surface area contributed by atoms with Crippen LogP contribution in [0.25, 0.3) is 22.7 Å². The highest BCUT2D eigenvalue weighted by Gasteiger charge is 2.13. The normalized spacial score (nSPS) is 10.8. The number of aromatic carboxylic acids is 1. The third-order valence-corrected chi connectivity index (χ3v) is 2.85. The fourth-order valence-corrected chi connectivity index (χ4v) is 1.87. The molecule has 0 atom stereocenters. The topological polar surface area (TPSA) is 76.2 Å². The zero-order chi connectivity index (χ0) is 13.4. The molecule has 0 saturated carbocycles. The Morgan fingerprint density at radius 2 is 1.95 bits per heavy atom. The van der Waals surface area contributed by atoms with Gasteiger partial charge in [-0.05, 0) is 30.7 Å². The van der Waals surface area contributed by atoms with Crippen LogP contribution in [0.15, 0.2) is 40.8 Å². The van der Waals surface area contributed by atoms with E-state index in [0.29, 0.717) is 17.1 Å². The van der Waals surface area contributed by atoms with Crippen molar-refractivity contribution in [1.29, 1.82) is 0 Å². The summed E-state index contributed by atoms with van der Waals surface area (Å²) in [6.45, 7) is 1.96. The second kappa shape index (κ2) is 4.20. The Labute approximate surface area is 108 Å². The van der Waals surface area contributed by atoms with E-state index in [0.717, 1.165) is 11.1 Å². The molecule has 5 nitrogen and oxygen atoms in total. The van der Waals surface area contributed by atoms with Crippen LogP contribution in [0.1, 0.15) is 16.1 Å². The van der Waals surface area contributed by atoms with Gasteiger partial charge in [0.15, 0.2) is 16.9 Å². The van der Waals surface area contributed by atoms with Crippen LogP contribution in [0.5, 0.6) is 0 Å². The smallest absolute Gasteiger partial charge is 0.354 e. The number of fused-ring (bicyclic) bond motifs is 1. The van der Waals surface area contributed by atoms with Crippen molar-refractivity contribution >= 4 is 17.2 Å². The summed E-state index contributed by atoms with van der Waals surface area (Å²) in [6, 6.07) is 10.7. The Morgan fingerprint density at radius 3 is 2.68 bits per heavy atom. The van der Waals surface area contributed by atoms with Crippen LogP contribution in [0.4, 0.5) is 0 Å². The molecular formula is C14H10N2O3. The lowest BCUT2D eigenvalue weighted by molar-refractivity contribution is 0.0691. The van der Waals surface area contributed by atoms with Gasteiger partial charge in [-0.3, -0.25) is 0 Å². The van der Waals surface area contributed by atoms with Crippen LogP contribution in [0.2, 0.25) is 0 Å². The molecule has 0 aliphatic rings. The van der Waals surface area contributed by atoms with Crippen LogP contribution >= 0.6 is 0 Å². The highest BCUT2D eigenvalue weighted by molar-refractivity contribution is 5.88. The fourth-order valence-electron chi connectivity index (χ4n) is 1.87. The number of aromatic nitrogens is 2. The first-order valence-corrected chi connectivity index (χ1v) is 5.72. The number of carbonyl (C=O) groups is 1. The summed E-state index contributed by atoms with van der Waals surface area (Å²) in [5, 5.41) is 8.89. The van der Waals surface area contributed by atoms with Gasteiger partial charge in [-0.2, -0.15) is 4.98 Å². The third kappa shape index (κ3) is 1.95. The molecule has 0 amide bonds. The fraction of sp³-hybridized carbons (Fsp3) is 0.0714. The predicted octanol–water partition coefficient (Wildman–Crippen LogP) is 2.90. The number of hydrogen-bond acceptors (Lipinski definition) is 4. The Hall–Kier alpha value is -2.69. The molecule has 3 rings (SSSR count). The van der Waals surface area contributed by atoms with Crippen molar-refractivity contribution in [2.24, 2.45) is 0 Å². The van der Waals surface area contributed by atoms with Gasteiger partial charge in [0, 0.05) is 5.56 Å². The first kappa shape index (κ1) is 11.4. The second-order valence-electron chi connectivity index (χ2n) is 4.16. The lowest BCUT2D eigenvalue weighted by atomic mass is 10.1. The molecule has 1 N–H and O–H groups in total. The zero-order valence-corrected chi connectivity index (χ0v) is 10.1. The summed E-state index contributed by atoms with van der Waals surface area (Å²) in [4.78, 5) is 19.0. The molecule has 1 aromatic carbocycles. The Kier molecular flexibility index (Phi) is 2.52. The van der Waals surface area contributed by atoms with Crippen molar-refractivity contribution in [3.63, 3.8) is 0 Å². The molecule has 0 aliphatic heterocycles. The maximum Gasteiger partial charge on any atom is 0.354 e. The van der Waals surface area contributed by atoms with Gasteiger partial charge in [-0.1, -0.05) is 18.2 Å². The Morgan fingerprint density at radius 1 is 1.16 bits per heavy atom. The molecule has 2 aromatic heterocycles. The molecule has 0 aliphatic carbocycles. The standard InChI is InChI=1S/C14H10N2O3/c1-8-4-2-3-5-9(8)13-16-12-11(19-13)7-6-10(15-12)14(17)18/h2-7H,1H3,(H,17,18). The zero-order valence-electron chi connectivity index (χ0n) is 10.1. The number of carboxylic acid groups (broad SMARTS) is 1. The minimum Gasteiger partial charge on any atom is -0.477 e. The molecule has 0 bridgehead atoms. The van der Waals surface area contributed by atoms with Crippen molar-refractivity contribution in [2.75, 3.05) is 0 Å². The van der Waals surface area contributed by atoms with E-state index in [1.807, 2.05) is 31.2 Å². The van der Waals surface area contributed by atoms with Crippen LogP contribution in [0, 0.1) is 6.92 Å². The number of rotatable bonds is 2. The summed E-state index contributed by atoms with van der Waals surface area (Å²) >= 11 is 0. The first-order valence-electron chi connectivity index (χ1n) is 5.72. The van der Waals surface area contributed by atoms with Gasteiger partial charge in [0.05, 0.1) is 0 Å². The maximum absolute atomic E-state index is 10.9. The number of benzene rings is 1. The van der Waals surface area contributed by atoms with E-state index in [4.69, 9.17) is 9.52 Å².